The maximum absolute atomic E-state index is 9.50. The molecule has 0 radical (unpaired) electrons. The van der Waals surface area contributed by atoms with Crippen LogP contribution in [0.25, 0.3) is 0 Å². The summed E-state index contributed by atoms with van der Waals surface area (Å²) in [5.41, 5.74) is 2.32. The lowest BCUT2D eigenvalue weighted by Gasteiger charge is -2.31. The van der Waals surface area contributed by atoms with E-state index in [0.717, 1.165) is 19.4 Å². The number of aliphatic hydroxyl groups is 1. The van der Waals surface area contributed by atoms with Crippen molar-refractivity contribution in [2.45, 2.75) is 38.8 Å². The highest BCUT2D eigenvalue weighted by molar-refractivity contribution is 5.45. The highest BCUT2D eigenvalue weighted by Gasteiger charge is 2.23. The first-order valence-electron chi connectivity index (χ1n) is 6.69. The fraction of sp³-hybridized carbons (Fsp3) is 0.600. The van der Waals surface area contributed by atoms with E-state index >= 15 is 0 Å². The molecule has 0 heterocycles. The van der Waals surface area contributed by atoms with E-state index in [9.17, 15) is 5.11 Å². The third kappa shape index (κ3) is 3.72. The first-order chi connectivity index (χ1) is 8.56. The zero-order valence-corrected chi connectivity index (χ0v) is 12.0. The lowest BCUT2D eigenvalue weighted by Crippen LogP contribution is -2.47. The number of hydrogen-bond acceptors (Lipinski definition) is 3. The van der Waals surface area contributed by atoms with E-state index in [1.807, 2.05) is 14.1 Å². The Morgan fingerprint density at radius 2 is 1.67 bits per heavy atom. The Kier molecular flexibility index (Phi) is 5.63. The van der Waals surface area contributed by atoms with Crippen LogP contribution in [0.4, 0.5) is 5.69 Å². The Hall–Kier alpha value is -1.06. The van der Waals surface area contributed by atoms with Gasteiger partial charge in [-0.15, -0.1) is 0 Å². The molecule has 0 aliphatic rings. The van der Waals surface area contributed by atoms with Crippen LogP contribution in [0.1, 0.15) is 32.3 Å². The third-order valence-electron chi connectivity index (χ3n) is 3.78. The predicted molar refractivity (Wildman–Crippen MR) is 78.0 cm³/mol. The van der Waals surface area contributed by atoms with Crippen molar-refractivity contribution in [1.82, 2.24) is 5.32 Å². The van der Waals surface area contributed by atoms with Gasteiger partial charge >= 0.3 is 0 Å². The number of aliphatic hydroxyl groups excluding tert-OH is 1. The molecule has 0 unspecified atom stereocenters. The fourth-order valence-electron chi connectivity index (χ4n) is 1.98. The molecule has 0 aliphatic heterocycles. The smallest absolute Gasteiger partial charge is 0.0613 e. The van der Waals surface area contributed by atoms with Crippen molar-refractivity contribution in [3.63, 3.8) is 0 Å². The van der Waals surface area contributed by atoms with Gasteiger partial charge in [0.1, 0.15) is 0 Å². The standard InChI is InChI=1S/C15H26N2O/c1-5-15(6-2,12-18)16-11-13-7-9-14(10-8-13)17(3)4/h7-10,16,18H,5-6,11-12H2,1-4H3. The van der Waals surface area contributed by atoms with Crippen LogP contribution in [0.15, 0.2) is 24.3 Å². The summed E-state index contributed by atoms with van der Waals surface area (Å²) in [6.45, 7) is 5.22. The summed E-state index contributed by atoms with van der Waals surface area (Å²) in [7, 11) is 4.08. The lowest BCUT2D eigenvalue weighted by atomic mass is 9.93. The first-order valence-corrected chi connectivity index (χ1v) is 6.69. The molecule has 0 aromatic heterocycles. The van der Waals surface area contributed by atoms with E-state index in [1.54, 1.807) is 0 Å². The van der Waals surface area contributed by atoms with Gasteiger partial charge in [0.2, 0.25) is 0 Å². The minimum Gasteiger partial charge on any atom is -0.394 e. The van der Waals surface area contributed by atoms with Crippen molar-refractivity contribution in [1.29, 1.82) is 0 Å². The van der Waals surface area contributed by atoms with Crippen molar-refractivity contribution >= 4 is 5.69 Å². The zero-order valence-electron chi connectivity index (χ0n) is 12.0. The van der Waals surface area contributed by atoms with E-state index in [-0.39, 0.29) is 12.1 Å². The van der Waals surface area contributed by atoms with E-state index in [1.165, 1.54) is 11.3 Å². The predicted octanol–water partition coefficient (Wildman–Crippen LogP) is 2.39. The molecule has 1 aromatic rings. The number of nitrogens with zero attached hydrogens (tertiary/aromatic N) is 1. The second-order valence-corrected chi connectivity index (χ2v) is 5.06. The summed E-state index contributed by atoms with van der Waals surface area (Å²) in [6.07, 6.45) is 1.88. The first kappa shape index (κ1) is 15.0. The second kappa shape index (κ2) is 6.76. The average Bonchev–Trinajstić information content (AvgIpc) is 2.41. The van der Waals surface area contributed by atoms with Crippen LogP contribution in [-0.4, -0.2) is 31.3 Å². The van der Waals surface area contributed by atoms with Gasteiger partial charge < -0.3 is 15.3 Å². The van der Waals surface area contributed by atoms with Gasteiger partial charge in [-0.3, -0.25) is 0 Å². The van der Waals surface area contributed by atoms with Gasteiger partial charge in [0, 0.05) is 31.9 Å². The minimum atomic E-state index is -0.139. The number of hydrogen-bond donors (Lipinski definition) is 2. The van der Waals surface area contributed by atoms with Crippen molar-refractivity contribution < 1.29 is 5.11 Å². The van der Waals surface area contributed by atoms with E-state index in [0.29, 0.717) is 0 Å². The number of anilines is 1. The molecule has 0 saturated carbocycles. The Morgan fingerprint density at radius 1 is 1.11 bits per heavy atom. The Labute approximate surface area is 111 Å². The minimum absolute atomic E-state index is 0.139. The summed E-state index contributed by atoms with van der Waals surface area (Å²) in [5, 5.41) is 13.0. The van der Waals surface area contributed by atoms with Crippen molar-refractivity contribution in [2.75, 3.05) is 25.6 Å². The highest BCUT2D eigenvalue weighted by atomic mass is 16.3. The van der Waals surface area contributed by atoms with Crippen LogP contribution in [-0.2, 0) is 6.54 Å². The summed E-state index contributed by atoms with van der Waals surface area (Å²) >= 11 is 0. The topological polar surface area (TPSA) is 35.5 Å². The molecule has 0 fully saturated rings. The van der Waals surface area contributed by atoms with Crippen molar-refractivity contribution in [3.8, 4) is 0 Å². The molecule has 0 bridgehead atoms. The van der Waals surface area contributed by atoms with Gasteiger partial charge in [0.25, 0.3) is 0 Å². The molecule has 3 heteroatoms. The Balaban J connectivity index is 2.62. The fourth-order valence-corrected chi connectivity index (χ4v) is 1.98. The molecular weight excluding hydrogens is 224 g/mol. The molecule has 0 aliphatic carbocycles. The van der Waals surface area contributed by atoms with E-state index in [2.05, 4.69) is 48.3 Å². The normalized spacial score (nSPS) is 11.6. The van der Waals surface area contributed by atoms with Crippen LogP contribution >= 0.6 is 0 Å². The molecule has 1 aromatic carbocycles. The molecular formula is C15H26N2O. The lowest BCUT2D eigenvalue weighted by molar-refractivity contribution is 0.149. The van der Waals surface area contributed by atoms with Crippen LogP contribution in [0.2, 0.25) is 0 Å². The van der Waals surface area contributed by atoms with Crippen LogP contribution < -0.4 is 10.2 Å². The van der Waals surface area contributed by atoms with Crippen LogP contribution in [0, 0.1) is 0 Å². The molecule has 0 saturated heterocycles. The summed E-state index contributed by atoms with van der Waals surface area (Å²) in [4.78, 5) is 2.09. The zero-order chi connectivity index (χ0) is 13.6. The maximum Gasteiger partial charge on any atom is 0.0613 e. The molecule has 102 valence electrons. The summed E-state index contributed by atoms with van der Waals surface area (Å²) in [6, 6.07) is 8.51. The van der Waals surface area contributed by atoms with Gasteiger partial charge in [-0.05, 0) is 30.5 Å². The molecule has 2 N–H and O–H groups in total. The number of rotatable bonds is 7. The van der Waals surface area contributed by atoms with Gasteiger partial charge in [0.05, 0.1) is 6.61 Å². The molecule has 18 heavy (non-hydrogen) atoms. The number of benzene rings is 1. The largest absolute Gasteiger partial charge is 0.394 e. The van der Waals surface area contributed by atoms with Gasteiger partial charge in [0.15, 0.2) is 0 Å². The van der Waals surface area contributed by atoms with Crippen molar-refractivity contribution in [2.24, 2.45) is 0 Å². The average molecular weight is 250 g/mol. The molecule has 3 nitrogen and oxygen atoms in total. The SMILES string of the molecule is CCC(CC)(CO)NCc1ccc(N(C)C)cc1. The molecule has 0 spiro atoms. The monoisotopic (exact) mass is 250 g/mol. The third-order valence-corrected chi connectivity index (χ3v) is 3.78. The quantitative estimate of drug-likeness (QED) is 0.780. The molecule has 0 amide bonds. The van der Waals surface area contributed by atoms with Crippen LogP contribution in [0.5, 0.6) is 0 Å². The Morgan fingerprint density at radius 3 is 2.06 bits per heavy atom. The summed E-state index contributed by atoms with van der Waals surface area (Å²) in [5.74, 6) is 0. The van der Waals surface area contributed by atoms with E-state index in [4.69, 9.17) is 0 Å². The Bertz CT molecular complexity index is 334. The van der Waals surface area contributed by atoms with Gasteiger partial charge in [-0.25, -0.2) is 0 Å². The van der Waals surface area contributed by atoms with Crippen LogP contribution in [0.3, 0.4) is 0 Å². The van der Waals surface area contributed by atoms with Crippen molar-refractivity contribution in [3.05, 3.63) is 29.8 Å². The highest BCUT2D eigenvalue weighted by Crippen LogP contribution is 2.16. The number of nitrogens with one attached hydrogen (secondary N) is 1. The molecule has 0 atom stereocenters. The van der Waals surface area contributed by atoms with Gasteiger partial charge in [-0.1, -0.05) is 26.0 Å². The summed E-state index contributed by atoms with van der Waals surface area (Å²) < 4.78 is 0. The molecule has 1 rings (SSSR count). The second-order valence-electron chi connectivity index (χ2n) is 5.06. The maximum atomic E-state index is 9.50. The van der Waals surface area contributed by atoms with Gasteiger partial charge in [-0.2, -0.15) is 0 Å². The van der Waals surface area contributed by atoms with E-state index < -0.39 is 0 Å².